The Balaban J connectivity index is 3.04. The monoisotopic (exact) mass is 154 g/mol. The standard InChI is InChI=1S/C10H6N2/c1-8(6-11)10-4-2-9(7-12)3-5-10/h2-5H,1H2. The smallest absolute Gasteiger partial charge is 0.0991 e. The van der Waals surface area contributed by atoms with Crippen molar-refractivity contribution in [3.63, 3.8) is 0 Å². The van der Waals surface area contributed by atoms with Gasteiger partial charge in [0.25, 0.3) is 0 Å². The van der Waals surface area contributed by atoms with E-state index < -0.39 is 0 Å². The fourth-order valence-corrected chi connectivity index (χ4v) is 0.810. The van der Waals surface area contributed by atoms with E-state index in [0.717, 1.165) is 5.56 Å². The molecular formula is C10H6N2. The molecule has 0 radical (unpaired) electrons. The molecule has 0 saturated carbocycles. The molecule has 2 heteroatoms. The highest BCUT2D eigenvalue weighted by Crippen LogP contribution is 2.11. The minimum Gasteiger partial charge on any atom is -0.192 e. The third-order valence-electron chi connectivity index (χ3n) is 1.50. The van der Waals surface area contributed by atoms with Gasteiger partial charge in [0.05, 0.1) is 23.3 Å². The number of hydrogen-bond donors (Lipinski definition) is 0. The lowest BCUT2D eigenvalue weighted by molar-refractivity contribution is 1.47. The summed E-state index contributed by atoms with van der Waals surface area (Å²) in [4.78, 5) is 0. The molecular weight excluding hydrogens is 148 g/mol. The summed E-state index contributed by atoms with van der Waals surface area (Å²) in [6.07, 6.45) is 0. The quantitative estimate of drug-likeness (QED) is 0.581. The van der Waals surface area contributed by atoms with Crippen molar-refractivity contribution < 1.29 is 0 Å². The van der Waals surface area contributed by atoms with E-state index in [0.29, 0.717) is 11.1 Å². The SMILES string of the molecule is C=C(C#N)c1ccc(C#N)cc1. The van der Waals surface area contributed by atoms with Crippen LogP contribution in [0, 0.1) is 22.7 Å². The van der Waals surface area contributed by atoms with Gasteiger partial charge in [-0.15, -0.1) is 0 Å². The van der Waals surface area contributed by atoms with E-state index in [1.165, 1.54) is 0 Å². The maximum Gasteiger partial charge on any atom is 0.0991 e. The van der Waals surface area contributed by atoms with Crippen LogP contribution in [0.15, 0.2) is 30.8 Å². The second kappa shape index (κ2) is 3.37. The van der Waals surface area contributed by atoms with E-state index in [1.807, 2.05) is 12.1 Å². The first-order valence-corrected chi connectivity index (χ1v) is 3.37. The molecule has 0 aromatic heterocycles. The van der Waals surface area contributed by atoms with Crippen molar-refractivity contribution in [1.29, 1.82) is 10.5 Å². The average molecular weight is 154 g/mol. The lowest BCUT2D eigenvalue weighted by atomic mass is 10.1. The van der Waals surface area contributed by atoms with Gasteiger partial charge in [-0.25, -0.2) is 0 Å². The predicted molar refractivity (Wildman–Crippen MR) is 45.8 cm³/mol. The van der Waals surface area contributed by atoms with Crippen molar-refractivity contribution in [3.8, 4) is 12.1 Å². The zero-order chi connectivity index (χ0) is 8.97. The first-order valence-electron chi connectivity index (χ1n) is 3.37. The van der Waals surface area contributed by atoms with Crippen molar-refractivity contribution >= 4 is 5.57 Å². The molecule has 0 amide bonds. The Morgan fingerprint density at radius 3 is 2.17 bits per heavy atom. The van der Waals surface area contributed by atoms with Crippen molar-refractivity contribution in [1.82, 2.24) is 0 Å². The molecule has 0 aliphatic heterocycles. The van der Waals surface area contributed by atoms with E-state index >= 15 is 0 Å². The van der Waals surface area contributed by atoms with Gasteiger partial charge < -0.3 is 0 Å². The molecule has 12 heavy (non-hydrogen) atoms. The van der Waals surface area contributed by atoms with Crippen LogP contribution in [-0.4, -0.2) is 0 Å². The molecule has 0 spiro atoms. The first-order chi connectivity index (χ1) is 5.77. The van der Waals surface area contributed by atoms with Gasteiger partial charge in [-0.2, -0.15) is 10.5 Å². The molecule has 0 N–H and O–H groups in total. The van der Waals surface area contributed by atoms with Crippen molar-refractivity contribution in [2.45, 2.75) is 0 Å². The zero-order valence-corrected chi connectivity index (χ0v) is 6.41. The molecule has 0 unspecified atom stereocenters. The molecule has 0 heterocycles. The Kier molecular flexibility index (Phi) is 2.26. The summed E-state index contributed by atoms with van der Waals surface area (Å²) in [6.45, 7) is 3.55. The van der Waals surface area contributed by atoms with Crippen LogP contribution in [0.3, 0.4) is 0 Å². The number of rotatable bonds is 1. The molecule has 1 aromatic rings. The average Bonchev–Trinajstić information content (AvgIpc) is 2.17. The molecule has 2 nitrogen and oxygen atoms in total. The Hall–Kier alpha value is -2.06. The van der Waals surface area contributed by atoms with Crippen LogP contribution in [-0.2, 0) is 0 Å². The van der Waals surface area contributed by atoms with E-state index in [2.05, 4.69) is 6.58 Å². The Bertz CT molecular complexity index is 374. The van der Waals surface area contributed by atoms with Crippen molar-refractivity contribution in [3.05, 3.63) is 42.0 Å². The largest absolute Gasteiger partial charge is 0.192 e. The summed E-state index contributed by atoms with van der Waals surface area (Å²) in [5.41, 5.74) is 1.76. The van der Waals surface area contributed by atoms with Crippen LogP contribution < -0.4 is 0 Å². The molecule has 0 atom stereocenters. The first kappa shape index (κ1) is 8.04. The van der Waals surface area contributed by atoms with Gasteiger partial charge in [0, 0.05) is 0 Å². The predicted octanol–water partition coefficient (Wildman–Crippen LogP) is 2.10. The topological polar surface area (TPSA) is 47.6 Å². The number of hydrogen-bond acceptors (Lipinski definition) is 2. The third kappa shape index (κ3) is 1.51. The maximum absolute atomic E-state index is 8.50. The summed E-state index contributed by atoms with van der Waals surface area (Å²) in [6, 6.07) is 10.7. The Morgan fingerprint density at radius 2 is 1.75 bits per heavy atom. The molecule has 0 aliphatic carbocycles. The lowest BCUT2D eigenvalue weighted by Gasteiger charge is -1.94. The highest BCUT2D eigenvalue weighted by Gasteiger charge is 1.96. The zero-order valence-electron chi connectivity index (χ0n) is 6.41. The molecule has 1 rings (SSSR count). The Labute approximate surface area is 71.0 Å². The van der Waals surface area contributed by atoms with Crippen LogP contribution in [0.1, 0.15) is 11.1 Å². The van der Waals surface area contributed by atoms with Gasteiger partial charge in [0.2, 0.25) is 0 Å². The van der Waals surface area contributed by atoms with Crippen molar-refractivity contribution in [2.75, 3.05) is 0 Å². The molecule has 1 aromatic carbocycles. The number of benzene rings is 1. The number of nitriles is 2. The van der Waals surface area contributed by atoms with Crippen molar-refractivity contribution in [2.24, 2.45) is 0 Å². The molecule has 0 aliphatic rings. The van der Waals surface area contributed by atoms with E-state index in [4.69, 9.17) is 10.5 Å². The van der Waals surface area contributed by atoms with E-state index in [9.17, 15) is 0 Å². The second-order valence-corrected chi connectivity index (χ2v) is 2.28. The second-order valence-electron chi connectivity index (χ2n) is 2.28. The minimum absolute atomic E-state index is 0.416. The maximum atomic E-state index is 8.50. The molecule has 0 fully saturated rings. The number of allylic oxidation sites excluding steroid dienone is 1. The molecule has 0 saturated heterocycles. The molecule has 0 bridgehead atoms. The van der Waals surface area contributed by atoms with Crippen LogP contribution in [0.25, 0.3) is 5.57 Å². The fraction of sp³-hybridized carbons (Fsp3) is 0. The van der Waals surface area contributed by atoms with E-state index in [-0.39, 0.29) is 0 Å². The summed E-state index contributed by atoms with van der Waals surface area (Å²) in [5, 5.41) is 17.0. The van der Waals surface area contributed by atoms with Crippen LogP contribution in [0.4, 0.5) is 0 Å². The summed E-state index contributed by atoms with van der Waals surface area (Å²) >= 11 is 0. The third-order valence-corrected chi connectivity index (χ3v) is 1.50. The van der Waals surface area contributed by atoms with Gasteiger partial charge in [0.15, 0.2) is 0 Å². The fourth-order valence-electron chi connectivity index (χ4n) is 0.810. The highest BCUT2D eigenvalue weighted by atomic mass is 14.2. The minimum atomic E-state index is 0.416. The number of nitrogens with zero attached hydrogens (tertiary/aromatic N) is 2. The van der Waals surface area contributed by atoms with Crippen LogP contribution in [0.2, 0.25) is 0 Å². The van der Waals surface area contributed by atoms with Gasteiger partial charge in [0.1, 0.15) is 0 Å². The van der Waals surface area contributed by atoms with Gasteiger partial charge in [-0.1, -0.05) is 18.7 Å². The highest BCUT2D eigenvalue weighted by molar-refractivity contribution is 5.74. The lowest BCUT2D eigenvalue weighted by Crippen LogP contribution is -1.79. The van der Waals surface area contributed by atoms with Crippen LogP contribution >= 0.6 is 0 Å². The van der Waals surface area contributed by atoms with Gasteiger partial charge in [-0.05, 0) is 17.7 Å². The van der Waals surface area contributed by atoms with Gasteiger partial charge >= 0.3 is 0 Å². The van der Waals surface area contributed by atoms with E-state index in [1.54, 1.807) is 24.3 Å². The summed E-state index contributed by atoms with van der Waals surface area (Å²) in [7, 11) is 0. The molecule has 56 valence electrons. The summed E-state index contributed by atoms with van der Waals surface area (Å²) < 4.78 is 0. The van der Waals surface area contributed by atoms with Crippen LogP contribution in [0.5, 0.6) is 0 Å². The van der Waals surface area contributed by atoms with Gasteiger partial charge in [-0.3, -0.25) is 0 Å². The Morgan fingerprint density at radius 1 is 1.17 bits per heavy atom. The normalized spacial score (nSPS) is 8.17. The summed E-state index contributed by atoms with van der Waals surface area (Å²) in [5.74, 6) is 0.